The molecule has 2 rings (SSSR count). The van der Waals surface area contributed by atoms with Gasteiger partial charge in [0, 0.05) is 17.6 Å². The summed E-state index contributed by atoms with van der Waals surface area (Å²) >= 11 is 3.32. The maximum absolute atomic E-state index is 12.8. The van der Waals surface area contributed by atoms with E-state index in [4.69, 9.17) is 5.26 Å². The molecule has 1 saturated heterocycles. The highest BCUT2D eigenvalue weighted by molar-refractivity contribution is 9.10. The van der Waals surface area contributed by atoms with Gasteiger partial charge in [0.25, 0.3) is 0 Å². The standard InChI is InChI=1S/C13H12BrF3N2/c14-11-6-9(7-18)3-4-12(11)19-5-1-2-10(8-19)13(15,16)17/h3-4,6,10H,1-2,5,8H2. The molecule has 1 heterocycles. The van der Waals surface area contributed by atoms with Crippen molar-refractivity contribution in [3.8, 4) is 6.07 Å². The molecule has 0 spiro atoms. The van der Waals surface area contributed by atoms with Crippen molar-refractivity contribution < 1.29 is 13.2 Å². The molecular weight excluding hydrogens is 321 g/mol. The Labute approximate surface area is 117 Å². The Balaban J connectivity index is 2.20. The van der Waals surface area contributed by atoms with E-state index in [2.05, 4.69) is 15.9 Å². The molecule has 1 aromatic rings. The third-order valence-electron chi connectivity index (χ3n) is 3.30. The van der Waals surface area contributed by atoms with Crippen LogP contribution in [0, 0.1) is 17.2 Å². The Morgan fingerprint density at radius 3 is 2.68 bits per heavy atom. The average molecular weight is 333 g/mol. The number of nitrogens with zero attached hydrogens (tertiary/aromatic N) is 2. The van der Waals surface area contributed by atoms with Gasteiger partial charge >= 0.3 is 6.18 Å². The van der Waals surface area contributed by atoms with Gasteiger partial charge < -0.3 is 4.90 Å². The highest BCUT2D eigenvalue weighted by Gasteiger charge is 2.42. The van der Waals surface area contributed by atoms with Gasteiger partial charge in [0.2, 0.25) is 0 Å². The second-order valence-electron chi connectivity index (χ2n) is 4.60. The first-order chi connectivity index (χ1) is 8.91. The summed E-state index contributed by atoms with van der Waals surface area (Å²) in [5.41, 5.74) is 1.20. The van der Waals surface area contributed by atoms with E-state index in [-0.39, 0.29) is 13.0 Å². The van der Waals surface area contributed by atoms with Gasteiger partial charge in [0.1, 0.15) is 0 Å². The third kappa shape index (κ3) is 3.21. The maximum atomic E-state index is 12.8. The van der Waals surface area contributed by atoms with Gasteiger partial charge in [-0.25, -0.2) is 0 Å². The van der Waals surface area contributed by atoms with Crippen molar-refractivity contribution in [3.63, 3.8) is 0 Å². The molecule has 6 heteroatoms. The van der Waals surface area contributed by atoms with Gasteiger partial charge in [-0.2, -0.15) is 18.4 Å². The second kappa shape index (κ2) is 5.41. The number of rotatable bonds is 1. The lowest BCUT2D eigenvalue weighted by Gasteiger charge is -2.35. The van der Waals surface area contributed by atoms with Crippen molar-refractivity contribution >= 4 is 21.6 Å². The molecule has 1 aliphatic heterocycles. The number of nitriles is 1. The molecule has 1 aromatic carbocycles. The van der Waals surface area contributed by atoms with Crippen LogP contribution in [-0.4, -0.2) is 19.3 Å². The van der Waals surface area contributed by atoms with Crippen molar-refractivity contribution in [2.45, 2.75) is 19.0 Å². The Hall–Kier alpha value is -1.22. The Morgan fingerprint density at radius 1 is 1.37 bits per heavy atom. The van der Waals surface area contributed by atoms with Crippen LogP contribution in [-0.2, 0) is 0 Å². The number of halogens is 4. The molecule has 1 fully saturated rings. The molecule has 0 aromatic heterocycles. The topological polar surface area (TPSA) is 27.0 Å². The highest BCUT2D eigenvalue weighted by atomic mass is 79.9. The van der Waals surface area contributed by atoms with Crippen LogP contribution in [0.25, 0.3) is 0 Å². The molecule has 0 saturated carbocycles. The van der Waals surface area contributed by atoms with Gasteiger partial charge in [0.15, 0.2) is 0 Å². The summed E-state index contributed by atoms with van der Waals surface area (Å²) in [6.45, 7) is 0.588. The number of hydrogen-bond donors (Lipinski definition) is 0. The fourth-order valence-electron chi connectivity index (χ4n) is 2.30. The van der Waals surface area contributed by atoms with Crippen LogP contribution in [0.1, 0.15) is 18.4 Å². The van der Waals surface area contributed by atoms with Crippen molar-refractivity contribution in [2.24, 2.45) is 5.92 Å². The molecule has 1 unspecified atom stereocenters. The third-order valence-corrected chi connectivity index (χ3v) is 3.94. The van der Waals surface area contributed by atoms with E-state index in [1.54, 1.807) is 23.1 Å². The molecule has 0 radical (unpaired) electrons. The summed E-state index contributed by atoms with van der Waals surface area (Å²) in [7, 11) is 0. The quantitative estimate of drug-likeness (QED) is 0.774. The Kier molecular flexibility index (Phi) is 4.04. The van der Waals surface area contributed by atoms with E-state index in [1.165, 1.54) is 0 Å². The van der Waals surface area contributed by atoms with Crippen LogP contribution in [0.4, 0.5) is 18.9 Å². The number of benzene rings is 1. The molecule has 0 aliphatic carbocycles. The fraction of sp³-hybridized carbons (Fsp3) is 0.462. The number of piperidine rings is 1. The minimum absolute atomic E-state index is 0.0198. The zero-order chi connectivity index (χ0) is 14.0. The van der Waals surface area contributed by atoms with E-state index >= 15 is 0 Å². The van der Waals surface area contributed by atoms with Gasteiger partial charge in [-0.15, -0.1) is 0 Å². The van der Waals surface area contributed by atoms with E-state index in [9.17, 15) is 13.2 Å². The Morgan fingerprint density at radius 2 is 2.11 bits per heavy atom. The molecule has 2 nitrogen and oxygen atoms in total. The van der Waals surface area contributed by atoms with Crippen LogP contribution < -0.4 is 4.90 Å². The van der Waals surface area contributed by atoms with Gasteiger partial charge in [-0.3, -0.25) is 0 Å². The molecule has 102 valence electrons. The normalized spacial score (nSPS) is 20.2. The molecule has 0 amide bonds. The lowest BCUT2D eigenvalue weighted by Crippen LogP contribution is -2.41. The highest BCUT2D eigenvalue weighted by Crippen LogP contribution is 2.36. The predicted octanol–water partition coefficient (Wildman–Crippen LogP) is 4.10. The summed E-state index contributed by atoms with van der Waals surface area (Å²) in [6, 6.07) is 6.95. The summed E-state index contributed by atoms with van der Waals surface area (Å²) in [5, 5.41) is 8.78. The van der Waals surface area contributed by atoms with Crippen molar-refractivity contribution in [3.05, 3.63) is 28.2 Å². The first-order valence-corrected chi connectivity index (χ1v) is 6.72. The van der Waals surface area contributed by atoms with Crippen LogP contribution in [0.3, 0.4) is 0 Å². The molecule has 0 N–H and O–H groups in total. The number of alkyl halides is 3. The van der Waals surface area contributed by atoms with E-state index in [0.717, 1.165) is 0 Å². The van der Waals surface area contributed by atoms with Gasteiger partial charge in [-0.05, 0) is 47.0 Å². The average Bonchev–Trinajstić information content (AvgIpc) is 2.37. The molecule has 1 aliphatic rings. The lowest BCUT2D eigenvalue weighted by atomic mass is 9.97. The minimum Gasteiger partial charge on any atom is -0.370 e. The summed E-state index contributed by atoms with van der Waals surface area (Å²) in [4.78, 5) is 1.73. The van der Waals surface area contributed by atoms with Crippen molar-refractivity contribution in [2.75, 3.05) is 18.0 Å². The van der Waals surface area contributed by atoms with E-state index in [0.29, 0.717) is 28.7 Å². The maximum Gasteiger partial charge on any atom is 0.393 e. The number of hydrogen-bond acceptors (Lipinski definition) is 2. The zero-order valence-corrected chi connectivity index (χ0v) is 11.6. The van der Waals surface area contributed by atoms with E-state index in [1.807, 2.05) is 6.07 Å². The predicted molar refractivity (Wildman–Crippen MR) is 69.8 cm³/mol. The lowest BCUT2D eigenvalue weighted by molar-refractivity contribution is -0.175. The van der Waals surface area contributed by atoms with Gasteiger partial charge in [0.05, 0.1) is 23.2 Å². The monoisotopic (exact) mass is 332 g/mol. The first-order valence-electron chi connectivity index (χ1n) is 5.93. The summed E-state index contributed by atoms with van der Waals surface area (Å²) in [6.07, 6.45) is -3.43. The number of anilines is 1. The molecule has 1 atom stereocenters. The molecule has 0 bridgehead atoms. The summed E-state index contributed by atoms with van der Waals surface area (Å²) < 4.78 is 39.0. The molecule has 19 heavy (non-hydrogen) atoms. The largest absolute Gasteiger partial charge is 0.393 e. The Bertz CT molecular complexity index is 508. The van der Waals surface area contributed by atoms with Gasteiger partial charge in [-0.1, -0.05) is 0 Å². The van der Waals surface area contributed by atoms with E-state index < -0.39 is 12.1 Å². The minimum atomic E-state index is -4.14. The van der Waals surface area contributed by atoms with Crippen LogP contribution in [0.15, 0.2) is 22.7 Å². The fourth-order valence-corrected chi connectivity index (χ4v) is 2.93. The zero-order valence-electron chi connectivity index (χ0n) is 10.0. The van der Waals surface area contributed by atoms with Crippen LogP contribution >= 0.6 is 15.9 Å². The molecular formula is C13H12BrF3N2. The SMILES string of the molecule is N#Cc1ccc(N2CCCC(C(F)(F)F)C2)c(Br)c1. The first kappa shape index (κ1) is 14.2. The summed E-state index contributed by atoms with van der Waals surface area (Å²) in [5.74, 6) is -1.27. The van der Waals surface area contributed by atoms with Crippen molar-refractivity contribution in [1.29, 1.82) is 5.26 Å². The smallest absolute Gasteiger partial charge is 0.370 e. The van der Waals surface area contributed by atoms with Crippen molar-refractivity contribution in [1.82, 2.24) is 0 Å². The second-order valence-corrected chi connectivity index (χ2v) is 5.46. The van der Waals surface area contributed by atoms with Crippen LogP contribution in [0.2, 0.25) is 0 Å². The van der Waals surface area contributed by atoms with Crippen LogP contribution in [0.5, 0.6) is 0 Å².